The molecular formula is C14H13BrN2O2S. The Bertz CT molecular complexity index is 599. The predicted octanol–water partition coefficient (Wildman–Crippen LogP) is 3.43. The number of hydrazone groups is 1. The second-order valence-electron chi connectivity index (χ2n) is 3.97. The first kappa shape index (κ1) is 14.7. The fraction of sp³-hybridized carbons (Fsp3) is 0.143. The van der Waals surface area contributed by atoms with Crippen LogP contribution in [0.5, 0.6) is 5.75 Å². The van der Waals surface area contributed by atoms with E-state index < -0.39 is 6.10 Å². The van der Waals surface area contributed by atoms with E-state index in [0.29, 0.717) is 5.75 Å². The van der Waals surface area contributed by atoms with Crippen LogP contribution in [0.25, 0.3) is 0 Å². The van der Waals surface area contributed by atoms with Gasteiger partial charge in [-0.15, -0.1) is 11.3 Å². The number of hydrogen-bond acceptors (Lipinski definition) is 4. The molecule has 1 unspecified atom stereocenters. The number of hydrogen-bond donors (Lipinski definition) is 1. The van der Waals surface area contributed by atoms with Crippen LogP contribution >= 0.6 is 27.3 Å². The van der Waals surface area contributed by atoms with E-state index >= 15 is 0 Å². The number of halogens is 1. The summed E-state index contributed by atoms with van der Waals surface area (Å²) in [6.45, 7) is 1.68. The van der Waals surface area contributed by atoms with Crippen LogP contribution in [0.3, 0.4) is 0 Å². The second-order valence-corrected chi connectivity index (χ2v) is 5.86. The summed E-state index contributed by atoms with van der Waals surface area (Å²) < 4.78 is 6.43. The smallest absolute Gasteiger partial charge is 0.280 e. The molecular weight excluding hydrogens is 340 g/mol. The summed E-state index contributed by atoms with van der Waals surface area (Å²) in [4.78, 5) is 12.8. The zero-order valence-electron chi connectivity index (χ0n) is 10.7. The van der Waals surface area contributed by atoms with E-state index in [2.05, 4.69) is 26.5 Å². The molecule has 0 aliphatic carbocycles. The van der Waals surface area contributed by atoms with Gasteiger partial charge < -0.3 is 4.74 Å². The van der Waals surface area contributed by atoms with Crippen molar-refractivity contribution in [3.05, 3.63) is 51.1 Å². The molecule has 1 amide bonds. The largest absolute Gasteiger partial charge is 0.481 e. The SMILES string of the molecule is CC(Oc1cccc(Br)c1)C(=O)N/N=C/c1cccs1. The molecule has 2 aromatic rings. The predicted molar refractivity (Wildman–Crippen MR) is 84.3 cm³/mol. The van der Waals surface area contributed by atoms with Gasteiger partial charge in [-0.3, -0.25) is 4.79 Å². The third kappa shape index (κ3) is 4.47. The fourth-order valence-corrected chi connectivity index (χ4v) is 2.38. The van der Waals surface area contributed by atoms with Crippen LogP contribution in [0, 0.1) is 0 Å². The molecule has 0 bridgehead atoms. The van der Waals surface area contributed by atoms with E-state index in [-0.39, 0.29) is 5.91 Å². The number of rotatable bonds is 5. The van der Waals surface area contributed by atoms with E-state index in [4.69, 9.17) is 4.74 Å². The Balaban J connectivity index is 1.86. The molecule has 0 saturated heterocycles. The monoisotopic (exact) mass is 352 g/mol. The molecule has 1 atom stereocenters. The number of nitrogens with one attached hydrogen (secondary N) is 1. The van der Waals surface area contributed by atoms with Crippen LogP contribution in [0.1, 0.15) is 11.8 Å². The van der Waals surface area contributed by atoms with Crippen LogP contribution in [-0.2, 0) is 4.79 Å². The first-order chi connectivity index (χ1) is 9.65. The van der Waals surface area contributed by atoms with Gasteiger partial charge in [-0.05, 0) is 36.6 Å². The van der Waals surface area contributed by atoms with E-state index in [1.54, 1.807) is 36.6 Å². The minimum Gasteiger partial charge on any atom is -0.481 e. The number of carbonyl (C=O) groups is 1. The number of ether oxygens (including phenoxy) is 1. The molecule has 0 spiro atoms. The Morgan fingerprint density at radius 1 is 1.45 bits per heavy atom. The van der Waals surface area contributed by atoms with Crippen molar-refractivity contribution >= 4 is 39.4 Å². The average molecular weight is 353 g/mol. The zero-order chi connectivity index (χ0) is 14.4. The highest BCUT2D eigenvalue weighted by molar-refractivity contribution is 9.10. The zero-order valence-corrected chi connectivity index (χ0v) is 13.1. The van der Waals surface area contributed by atoms with Gasteiger partial charge in [0.2, 0.25) is 0 Å². The maximum absolute atomic E-state index is 11.8. The lowest BCUT2D eigenvalue weighted by molar-refractivity contribution is -0.127. The minimum absolute atomic E-state index is 0.294. The first-order valence-electron chi connectivity index (χ1n) is 5.94. The van der Waals surface area contributed by atoms with E-state index in [9.17, 15) is 4.79 Å². The Hall–Kier alpha value is -1.66. The van der Waals surface area contributed by atoms with Crippen molar-refractivity contribution in [2.75, 3.05) is 0 Å². The molecule has 104 valence electrons. The van der Waals surface area contributed by atoms with Crippen LogP contribution in [0.4, 0.5) is 0 Å². The van der Waals surface area contributed by atoms with Crippen molar-refractivity contribution in [1.82, 2.24) is 5.43 Å². The minimum atomic E-state index is -0.621. The molecule has 1 aromatic carbocycles. The number of carbonyl (C=O) groups excluding carboxylic acids is 1. The molecule has 0 saturated carbocycles. The summed E-state index contributed by atoms with van der Waals surface area (Å²) in [6, 6.07) is 11.2. The van der Waals surface area contributed by atoms with Crippen molar-refractivity contribution in [2.45, 2.75) is 13.0 Å². The van der Waals surface area contributed by atoms with Crippen LogP contribution in [0.2, 0.25) is 0 Å². The molecule has 0 aliphatic heterocycles. The maximum atomic E-state index is 11.8. The van der Waals surface area contributed by atoms with Gasteiger partial charge in [0.1, 0.15) is 5.75 Å². The van der Waals surface area contributed by atoms with Crippen LogP contribution < -0.4 is 10.2 Å². The van der Waals surface area contributed by atoms with E-state index in [0.717, 1.165) is 9.35 Å². The Labute approximate surface area is 129 Å². The topological polar surface area (TPSA) is 50.7 Å². The Morgan fingerprint density at radius 2 is 2.30 bits per heavy atom. The summed E-state index contributed by atoms with van der Waals surface area (Å²) in [5.74, 6) is 0.335. The van der Waals surface area contributed by atoms with Gasteiger partial charge in [-0.1, -0.05) is 28.1 Å². The van der Waals surface area contributed by atoms with Crippen LogP contribution in [-0.4, -0.2) is 18.2 Å². The first-order valence-corrected chi connectivity index (χ1v) is 7.61. The van der Waals surface area contributed by atoms with Crippen molar-refractivity contribution in [1.29, 1.82) is 0 Å². The Morgan fingerprint density at radius 3 is 3.00 bits per heavy atom. The summed E-state index contributed by atoms with van der Waals surface area (Å²) in [7, 11) is 0. The van der Waals surface area contributed by atoms with Crippen molar-refractivity contribution < 1.29 is 9.53 Å². The van der Waals surface area contributed by atoms with Gasteiger partial charge in [-0.25, -0.2) is 5.43 Å². The van der Waals surface area contributed by atoms with Crippen molar-refractivity contribution in [3.8, 4) is 5.75 Å². The van der Waals surface area contributed by atoms with Gasteiger partial charge in [0.15, 0.2) is 6.10 Å². The molecule has 20 heavy (non-hydrogen) atoms. The van der Waals surface area contributed by atoms with Crippen molar-refractivity contribution in [3.63, 3.8) is 0 Å². The van der Waals surface area contributed by atoms with Gasteiger partial charge in [0.05, 0.1) is 6.21 Å². The van der Waals surface area contributed by atoms with Crippen molar-refractivity contribution in [2.24, 2.45) is 5.10 Å². The third-order valence-corrected chi connectivity index (χ3v) is 3.69. The standard InChI is InChI=1S/C14H13BrN2O2S/c1-10(19-12-5-2-4-11(15)8-12)14(18)17-16-9-13-6-3-7-20-13/h2-10H,1H3,(H,17,18)/b16-9+. The lowest BCUT2D eigenvalue weighted by atomic mass is 10.3. The van der Waals surface area contributed by atoms with Gasteiger partial charge in [0, 0.05) is 9.35 Å². The number of amides is 1. The van der Waals surface area contributed by atoms with E-state index in [1.165, 1.54) is 0 Å². The third-order valence-electron chi connectivity index (χ3n) is 2.39. The molecule has 1 N–H and O–H groups in total. The lowest BCUT2D eigenvalue weighted by Crippen LogP contribution is -2.33. The molecule has 1 aromatic heterocycles. The number of thiophene rings is 1. The molecule has 0 radical (unpaired) electrons. The molecule has 6 heteroatoms. The summed E-state index contributed by atoms with van der Waals surface area (Å²) in [6.07, 6.45) is 0.985. The molecule has 1 heterocycles. The molecule has 0 aliphatic rings. The number of nitrogens with zero attached hydrogens (tertiary/aromatic N) is 1. The molecule has 2 rings (SSSR count). The fourth-order valence-electron chi connectivity index (χ4n) is 1.41. The lowest BCUT2D eigenvalue weighted by Gasteiger charge is -2.12. The van der Waals surface area contributed by atoms with Gasteiger partial charge >= 0.3 is 0 Å². The highest BCUT2D eigenvalue weighted by Crippen LogP contribution is 2.18. The summed E-state index contributed by atoms with van der Waals surface area (Å²) in [5, 5.41) is 5.84. The van der Waals surface area contributed by atoms with E-state index in [1.807, 2.05) is 29.6 Å². The second kappa shape index (κ2) is 7.21. The highest BCUT2D eigenvalue weighted by Gasteiger charge is 2.13. The maximum Gasteiger partial charge on any atom is 0.280 e. The normalized spacial score (nSPS) is 12.3. The van der Waals surface area contributed by atoms with Gasteiger partial charge in [0.25, 0.3) is 5.91 Å². The Kier molecular flexibility index (Phi) is 5.31. The summed E-state index contributed by atoms with van der Waals surface area (Å²) >= 11 is 4.90. The average Bonchev–Trinajstić information content (AvgIpc) is 2.91. The highest BCUT2D eigenvalue weighted by atomic mass is 79.9. The summed E-state index contributed by atoms with van der Waals surface area (Å²) in [5.41, 5.74) is 2.46. The molecule has 4 nitrogen and oxygen atoms in total. The quantitative estimate of drug-likeness (QED) is 0.661. The number of benzene rings is 1. The van der Waals surface area contributed by atoms with Crippen LogP contribution in [0.15, 0.2) is 51.4 Å². The van der Waals surface area contributed by atoms with Gasteiger partial charge in [-0.2, -0.15) is 5.10 Å². The molecule has 0 fully saturated rings.